The van der Waals surface area contributed by atoms with Crippen molar-refractivity contribution in [1.82, 2.24) is 19.6 Å². The normalized spacial score (nSPS) is 23.7. The summed E-state index contributed by atoms with van der Waals surface area (Å²) in [5.41, 5.74) is 0.881. The number of aromatic nitrogens is 2. The summed E-state index contributed by atoms with van der Waals surface area (Å²) in [6, 6.07) is 2.61. The van der Waals surface area contributed by atoms with E-state index in [0.717, 1.165) is 30.3 Å². The third-order valence-electron chi connectivity index (χ3n) is 3.37. The highest BCUT2D eigenvalue weighted by atomic mass is 35.5. The van der Waals surface area contributed by atoms with Gasteiger partial charge in [0.2, 0.25) is 0 Å². The molecule has 1 aliphatic heterocycles. The molecule has 2 aromatic rings. The molecule has 2 aromatic heterocycles. The molecule has 2 atom stereocenters. The first kappa shape index (κ1) is 15.4. The predicted molar refractivity (Wildman–Crippen MR) is 83.9 cm³/mol. The van der Waals surface area contributed by atoms with Gasteiger partial charge in [-0.3, -0.25) is 14.1 Å². The van der Waals surface area contributed by atoms with E-state index in [1.54, 1.807) is 16.7 Å². The SMILES string of the molecule is CC1CN(Cc2cc(=O)n3ccsc3n2)CC(C)N1.Cl. The summed E-state index contributed by atoms with van der Waals surface area (Å²) in [4.78, 5) is 19.6. The number of hydrogen-bond acceptors (Lipinski definition) is 5. The molecule has 0 aromatic carbocycles. The van der Waals surface area contributed by atoms with E-state index >= 15 is 0 Å². The molecule has 0 aliphatic carbocycles. The van der Waals surface area contributed by atoms with E-state index in [1.165, 1.54) is 11.3 Å². The zero-order valence-corrected chi connectivity index (χ0v) is 13.2. The molecule has 20 heavy (non-hydrogen) atoms. The second kappa shape index (κ2) is 6.22. The quantitative estimate of drug-likeness (QED) is 0.909. The maximum Gasteiger partial charge on any atom is 0.258 e. The van der Waals surface area contributed by atoms with Crippen molar-refractivity contribution in [3.8, 4) is 0 Å². The Morgan fingerprint density at radius 2 is 2.10 bits per heavy atom. The Morgan fingerprint density at radius 1 is 1.40 bits per heavy atom. The molecule has 0 amide bonds. The topological polar surface area (TPSA) is 49.6 Å². The van der Waals surface area contributed by atoms with Gasteiger partial charge in [0.15, 0.2) is 4.96 Å². The van der Waals surface area contributed by atoms with Gasteiger partial charge in [-0.1, -0.05) is 0 Å². The van der Waals surface area contributed by atoms with Crippen molar-refractivity contribution in [1.29, 1.82) is 0 Å². The third kappa shape index (κ3) is 3.20. The smallest absolute Gasteiger partial charge is 0.258 e. The molecule has 5 nitrogen and oxygen atoms in total. The Labute approximate surface area is 128 Å². The molecule has 7 heteroatoms. The predicted octanol–water partition coefficient (Wildman–Crippen LogP) is 1.36. The lowest BCUT2D eigenvalue weighted by molar-refractivity contribution is 0.165. The summed E-state index contributed by atoms with van der Waals surface area (Å²) >= 11 is 1.50. The summed E-state index contributed by atoms with van der Waals surface area (Å²) in [6.07, 6.45) is 1.77. The van der Waals surface area contributed by atoms with E-state index in [2.05, 4.69) is 29.0 Å². The number of halogens is 1. The Hall–Kier alpha value is -0.950. The number of piperazine rings is 1. The first-order valence-electron chi connectivity index (χ1n) is 6.56. The van der Waals surface area contributed by atoms with Crippen molar-refractivity contribution in [3.63, 3.8) is 0 Å². The monoisotopic (exact) mass is 314 g/mol. The van der Waals surface area contributed by atoms with E-state index in [0.29, 0.717) is 12.1 Å². The van der Waals surface area contributed by atoms with Gasteiger partial charge in [0.1, 0.15) is 0 Å². The molecule has 0 bridgehead atoms. The molecular weight excluding hydrogens is 296 g/mol. The third-order valence-corrected chi connectivity index (χ3v) is 4.13. The molecule has 0 saturated carbocycles. The van der Waals surface area contributed by atoms with Crippen molar-refractivity contribution < 1.29 is 0 Å². The number of nitrogens with zero attached hydrogens (tertiary/aromatic N) is 3. The molecular formula is C13H19ClN4OS. The van der Waals surface area contributed by atoms with Gasteiger partial charge in [0, 0.05) is 49.4 Å². The van der Waals surface area contributed by atoms with Crippen LogP contribution in [0.3, 0.4) is 0 Å². The molecule has 1 N–H and O–H groups in total. The van der Waals surface area contributed by atoms with Crippen molar-refractivity contribution in [2.45, 2.75) is 32.5 Å². The van der Waals surface area contributed by atoms with Gasteiger partial charge in [-0.25, -0.2) is 4.98 Å². The van der Waals surface area contributed by atoms with Crippen molar-refractivity contribution in [2.24, 2.45) is 0 Å². The Kier molecular flexibility index (Phi) is 4.80. The van der Waals surface area contributed by atoms with Crippen LogP contribution in [0.15, 0.2) is 22.4 Å². The number of thiazole rings is 1. The Morgan fingerprint density at radius 3 is 2.80 bits per heavy atom. The largest absolute Gasteiger partial charge is 0.309 e. The number of fused-ring (bicyclic) bond motifs is 1. The molecule has 3 heterocycles. The van der Waals surface area contributed by atoms with Crippen LogP contribution in [0.5, 0.6) is 0 Å². The van der Waals surface area contributed by atoms with Gasteiger partial charge < -0.3 is 5.32 Å². The van der Waals surface area contributed by atoms with E-state index in [9.17, 15) is 4.79 Å². The molecule has 2 unspecified atom stereocenters. The number of rotatable bonds is 2. The minimum Gasteiger partial charge on any atom is -0.309 e. The van der Waals surface area contributed by atoms with Gasteiger partial charge in [-0.05, 0) is 13.8 Å². The molecule has 1 saturated heterocycles. The zero-order valence-electron chi connectivity index (χ0n) is 11.6. The fourth-order valence-electron chi connectivity index (χ4n) is 2.77. The second-order valence-electron chi connectivity index (χ2n) is 5.30. The van der Waals surface area contributed by atoms with E-state index < -0.39 is 0 Å². The van der Waals surface area contributed by atoms with Crippen molar-refractivity contribution in [3.05, 3.63) is 33.7 Å². The average molecular weight is 315 g/mol. The lowest BCUT2D eigenvalue weighted by Crippen LogP contribution is -2.53. The van der Waals surface area contributed by atoms with Gasteiger partial charge in [0.25, 0.3) is 5.56 Å². The molecule has 1 aliphatic rings. The minimum absolute atomic E-state index is 0. The first-order chi connectivity index (χ1) is 9.11. The maximum atomic E-state index is 11.9. The lowest BCUT2D eigenvalue weighted by Gasteiger charge is -2.35. The van der Waals surface area contributed by atoms with Crippen LogP contribution in [-0.2, 0) is 6.54 Å². The summed E-state index contributed by atoms with van der Waals surface area (Å²) in [5, 5.41) is 5.40. The average Bonchev–Trinajstić information content (AvgIpc) is 2.75. The standard InChI is InChI=1S/C13H18N4OS.ClH/c1-9-6-16(7-10(2)14-9)8-11-5-12(18)17-3-4-19-13(17)15-11;/h3-5,9-10,14H,6-8H2,1-2H3;1H. The zero-order chi connectivity index (χ0) is 13.4. The summed E-state index contributed by atoms with van der Waals surface area (Å²) in [7, 11) is 0. The summed E-state index contributed by atoms with van der Waals surface area (Å²) in [5.74, 6) is 0. The van der Waals surface area contributed by atoms with Gasteiger partial charge in [0.05, 0.1) is 5.69 Å². The second-order valence-corrected chi connectivity index (χ2v) is 6.18. The molecule has 0 radical (unpaired) electrons. The Bertz CT molecular complexity index is 631. The maximum absolute atomic E-state index is 11.9. The fourth-order valence-corrected chi connectivity index (χ4v) is 3.51. The van der Waals surface area contributed by atoms with E-state index in [-0.39, 0.29) is 18.0 Å². The first-order valence-corrected chi connectivity index (χ1v) is 7.44. The van der Waals surface area contributed by atoms with Crippen LogP contribution in [0.2, 0.25) is 0 Å². The minimum atomic E-state index is 0. The summed E-state index contributed by atoms with van der Waals surface area (Å²) < 4.78 is 1.59. The van der Waals surface area contributed by atoms with Crippen LogP contribution in [-0.4, -0.2) is 39.5 Å². The van der Waals surface area contributed by atoms with Crippen LogP contribution < -0.4 is 10.9 Å². The highest BCUT2D eigenvalue weighted by Crippen LogP contribution is 2.11. The molecule has 110 valence electrons. The lowest BCUT2D eigenvalue weighted by atomic mass is 10.1. The number of hydrogen-bond donors (Lipinski definition) is 1. The molecule has 0 spiro atoms. The highest BCUT2D eigenvalue weighted by molar-refractivity contribution is 7.15. The van der Waals surface area contributed by atoms with Crippen LogP contribution in [0.4, 0.5) is 0 Å². The van der Waals surface area contributed by atoms with Crippen molar-refractivity contribution >= 4 is 28.7 Å². The van der Waals surface area contributed by atoms with E-state index in [1.807, 2.05) is 5.38 Å². The fraction of sp³-hybridized carbons (Fsp3) is 0.538. The summed E-state index contributed by atoms with van der Waals surface area (Å²) in [6.45, 7) is 7.12. The van der Waals surface area contributed by atoms with Crippen LogP contribution in [0.25, 0.3) is 4.96 Å². The van der Waals surface area contributed by atoms with Gasteiger partial charge >= 0.3 is 0 Å². The van der Waals surface area contributed by atoms with Crippen LogP contribution in [0.1, 0.15) is 19.5 Å². The van der Waals surface area contributed by atoms with E-state index in [4.69, 9.17) is 0 Å². The molecule has 3 rings (SSSR count). The van der Waals surface area contributed by atoms with Gasteiger partial charge in [-0.15, -0.1) is 23.7 Å². The van der Waals surface area contributed by atoms with Crippen molar-refractivity contribution in [2.75, 3.05) is 13.1 Å². The highest BCUT2D eigenvalue weighted by Gasteiger charge is 2.21. The number of nitrogens with one attached hydrogen (secondary N) is 1. The van der Waals surface area contributed by atoms with Crippen LogP contribution >= 0.6 is 23.7 Å². The Balaban J connectivity index is 0.00000147. The van der Waals surface area contributed by atoms with Gasteiger partial charge in [-0.2, -0.15) is 0 Å². The van der Waals surface area contributed by atoms with Crippen LogP contribution in [0, 0.1) is 0 Å². The molecule has 1 fully saturated rings.